The maximum absolute atomic E-state index is 12.4. The van der Waals surface area contributed by atoms with Gasteiger partial charge in [-0.1, -0.05) is 41.9 Å². The maximum Gasteiger partial charge on any atom is 0.282 e. The van der Waals surface area contributed by atoms with E-state index in [1.807, 2.05) is 30.3 Å². The number of thiazole rings is 1. The normalized spacial score (nSPS) is 21.7. The van der Waals surface area contributed by atoms with Gasteiger partial charge in [0.2, 0.25) is 0 Å². The Morgan fingerprint density at radius 1 is 1.43 bits per heavy atom. The molecule has 1 atom stereocenters. The first-order chi connectivity index (χ1) is 10.1. The van der Waals surface area contributed by atoms with Crippen molar-refractivity contribution in [1.82, 2.24) is 9.88 Å². The summed E-state index contributed by atoms with van der Waals surface area (Å²) in [4.78, 5) is 18.2. The van der Waals surface area contributed by atoms with Crippen molar-refractivity contribution >= 4 is 28.8 Å². The van der Waals surface area contributed by atoms with Crippen LogP contribution in [0.4, 0.5) is 0 Å². The first kappa shape index (κ1) is 14.5. The number of aliphatic hydroxyl groups is 1. The fraction of sp³-hybridized carbons (Fsp3) is 0.333. The third-order valence-electron chi connectivity index (χ3n) is 3.99. The van der Waals surface area contributed by atoms with Crippen LogP contribution in [0.5, 0.6) is 0 Å². The average Bonchev–Trinajstić information content (AvgIpc) is 3.15. The van der Waals surface area contributed by atoms with Crippen LogP contribution < -0.4 is 0 Å². The van der Waals surface area contributed by atoms with Gasteiger partial charge in [-0.25, -0.2) is 4.98 Å². The molecule has 1 aromatic heterocycles. The van der Waals surface area contributed by atoms with Gasteiger partial charge in [-0.15, -0.1) is 11.3 Å². The summed E-state index contributed by atoms with van der Waals surface area (Å²) in [6.07, 6.45) is 0.748. The highest BCUT2D eigenvalue weighted by atomic mass is 35.5. The molecule has 4 nitrogen and oxygen atoms in total. The van der Waals surface area contributed by atoms with Crippen molar-refractivity contribution in [1.29, 1.82) is 0 Å². The second kappa shape index (κ2) is 5.75. The van der Waals surface area contributed by atoms with E-state index in [-0.39, 0.29) is 17.9 Å². The molecule has 6 heteroatoms. The highest BCUT2D eigenvalue weighted by Crippen LogP contribution is 2.35. The quantitative estimate of drug-likeness (QED) is 0.945. The molecule has 0 bridgehead atoms. The predicted molar refractivity (Wildman–Crippen MR) is 82.9 cm³/mol. The van der Waals surface area contributed by atoms with Gasteiger partial charge in [-0.2, -0.15) is 0 Å². The smallest absolute Gasteiger partial charge is 0.282 e. The number of nitrogens with zero attached hydrogens (tertiary/aromatic N) is 2. The van der Waals surface area contributed by atoms with E-state index in [4.69, 9.17) is 11.6 Å². The lowest BCUT2D eigenvalue weighted by Crippen LogP contribution is -2.37. The Hall–Kier alpha value is -1.43. The van der Waals surface area contributed by atoms with Gasteiger partial charge in [0, 0.05) is 23.9 Å². The molecule has 1 N–H and O–H groups in total. The van der Waals surface area contributed by atoms with Crippen molar-refractivity contribution in [3.8, 4) is 0 Å². The second-order valence-corrected chi connectivity index (χ2v) is 6.50. The van der Waals surface area contributed by atoms with Crippen LogP contribution in [0.15, 0.2) is 35.7 Å². The fourth-order valence-electron chi connectivity index (χ4n) is 2.78. The van der Waals surface area contributed by atoms with Crippen LogP contribution >= 0.6 is 22.9 Å². The average molecular weight is 323 g/mol. The van der Waals surface area contributed by atoms with Crippen molar-refractivity contribution < 1.29 is 9.90 Å². The zero-order chi connectivity index (χ0) is 14.9. The summed E-state index contributed by atoms with van der Waals surface area (Å²) in [5, 5.41) is 12.3. The number of benzene rings is 1. The fourth-order valence-corrected chi connectivity index (χ4v) is 3.69. The molecule has 0 radical (unpaired) electrons. The first-order valence-electron chi connectivity index (χ1n) is 6.71. The summed E-state index contributed by atoms with van der Waals surface area (Å²) in [5.74, 6) is -0.113. The molecule has 1 amide bonds. The molecule has 1 unspecified atom stereocenters. The number of halogens is 1. The van der Waals surface area contributed by atoms with E-state index >= 15 is 0 Å². The monoisotopic (exact) mass is 322 g/mol. The van der Waals surface area contributed by atoms with Gasteiger partial charge in [-0.3, -0.25) is 4.79 Å². The van der Waals surface area contributed by atoms with Crippen molar-refractivity contribution in [2.24, 2.45) is 0 Å². The molecule has 2 aromatic rings. The minimum absolute atomic E-state index is 0.0272. The Labute approximate surface area is 132 Å². The molecular weight excluding hydrogens is 308 g/mol. The number of rotatable bonds is 3. The minimum atomic E-state index is -0.377. The number of amides is 1. The molecule has 0 saturated carbocycles. The van der Waals surface area contributed by atoms with Crippen LogP contribution in [0.3, 0.4) is 0 Å². The van der Waals surface area contributed by atoms with Gasteiger partial charge in [0.1, 0.15) is 5.15 Å². The topological polar surface area (TPSA) is 53.4 Å². The van der Waals surface area contributed by atoms with Crippen LogP contribution in [0.2, 0.25) is 5.15 Å². The van der Waals surface area contributed by atoms with Crippen LogP contribution in [0.25, 0.3) is 0 Å². The van der Waals surface area contributed by atoms with Crippen LogP contribution in [-0.4, -0.2) is 40.6 Å². The first-order valence-corrected chi connectivity index (χ1v) is 7.97. The highest BCUT2D eigenvalue weighted by Gasteiger charge is 2.41. The molecule has 0 aliphatic carbocycles. The van der Waals surface area contributed by atoms with Crippen LogP contribution in [-0.2, 0) is 5.41 Å². The number of carbonyl (C=O) groups excluding carboxylic acids is 1. The number of aliphatic hydroxyl groups excluding tert-OH is 1. The maximum atomic E-state index is 12.4. The van der Waals surface area contributed by atoms with Crippen LogP contribution in [0, 0.1) is 0 Å². The second-order valence-electron chi connectivity index (χ2n) is 5.26. The van der Waals surface area contributed by atoms with Gasteiger partial charge < -0.3 is 10.0 Å². The Balaban J connectivity index is 1.82. The van der Waals surface area contributed by atoms with Gasteiger partial charge in [0.25, 0.3) is 5.91 Å². The number of aromatic nitrogens is 1. The molecule has 1 aliphatic heterocycles. The number of carbonyl (C=O) groups is 1. The molecule has 1 fully saturated rings. The Morgan fingerprint density at radius 3 is 2.81 bits per heavy atom. The Morgan fingerprint density at radius 2 is 2.19 bits per heavy atom. The van der Waals surface area contributed by atoms with Crippen molar-refractivity contribution in [2.45, 2.75) is 11.8 Å². The van der Waals surface area contributed by atoms with E-state index in [1.54, 1.807) is 10.3 Å². The SMILES string of the molecule is O=C(c1nc(Cl)cs1)N1CCC(CO)(c2ccccc2)C1. The molecule has 21 heavy (non-hydrogen) atoms. The van der Waals surface area contributed by atoms with Crippen LogP contribution in [0.1, 0.15) is 21.8 Å². The molecule has 1 aliphatic rings. The van der Waals surface area contributed by atoms with E-state index in [0.717, 1.165) is 12.0 Å². The highest BCUT2D eigenvalue weighted by molar-refractivity contribution is 7.12. The third kappa shape index (κ3) is 2.69. The summed E-state index contributed by atoms with van der Waals surface area (Å²) in [5.41, 5.74) is 0.692. The summed E-state index contributed by atoms with van der Waals surface area (Å²) < 4.78 is 0. The van der Waals surface area contributed by atoms with Crippen molar-refractivity contribution in [2.75, 3.05) is 19.7 Å². The van der Waals surface area contributed by atoms with Gasteiger partial charge >= 0.3 is 0 Å². The molecule has 110 valence electrons. The number of likely N-dealkylation sites (tertiary alicyclic amines) is 1. The minimum Gasteiger partial charge on any atom is -0.395 e. The molecule has 2 heterocycles. The molecule has 0 spiro atoms. The molecule has 1 aromatic carbocycles. The summed E-state index contributed by atoms with van der Waals surface area (Å²) in [6.45, 7) is 1.15. The Kier molecular flexibility index (Phi) is 3.97. The summed E-state index contributed by atoms with van der Waals surface area (Å²) in [6, 6.07) is 9.87. The molecule has 3 rings (SSSR count). The molecule has 1 saturated heterocycles. The van der Waals surface area contributed by atoms with Gasteiger partial charge in [0.15, 0.2) is 5.01 Å². The number of hydrogen-bond acceptors (Lipinski definition) is 4. The van der Waals surface area contributed by atoms with E-state index in [2.05, 4.69) is 4.98 Å². The van der Waals surface area contributed by atoms with E-state index in [1.165, 1.54) is 11.3 Å². The van der Waals surface area contributed by atoms with Crippen molar-refractivity contribution in [3.05, 3.63) is 51.4 Å². The third-order valence-corrected chi connectivity index (χ3v) is 5.14. The summed E-state index contributed by atoms with van der Waals surface area (Å²) >= 11 is 7.03. The largest absolute Gasteiger partial charge is 0.395 e. The molecular formula is C15H15ClN2O2S. The standard InChI is InChI=1S/C15H15ClN2O2S/c16-12-8-21-13(17-12)14(20)18-7-6-15(9-18,10-19)11-4-2-1-3-5-11/h1-5,8,19H,6-7,9-10H2. The number of hydrogen-bond donors (Lipinski definition) is 1. The summed E-state index contributed by atoms with van der Waals surface area (Å²) in [7, 11) is 0. The lowest BCUT2D eigenvalue weighted by Gasteiger charge is -2.27. The zero-order valence-corrected chi connectivity index (χ0v) is 12.9. The van der Waals surface area contributed by atoms with E-state index in [9.17, 15) is 9.90 Å². The predicted octanol–water partition coefficient (Wildman–Crippen LogP) is 2.57. The van der Waals surface area contributed by atoms with E-state index in [0.29, 0.717) is 23.3 Å². The van der Waals surface area contributed by atoms with Gasteiger partial charge in [0.05, 0.1) is 6.61 Å². The van der Waals surface area contributed by atoms with Gasteiger partial charge in [-0.05, 0) is 12.0 Å². The lowest BCUT2D eigenvalue weighted by atomic mass is 9.80. The lowest BCUT2D eigenvalue weighted by molar-refractivity contribution is 0.0773. The van der Waals surface area contributed by atoms with E-state index < -0.39 is 0 Å². The van der Waals surface area contributed by atoms with Crippen molar-refractivity contribution in [3.63, 3.8) is 0 Å². The zero-order valence-electron chi connectivity index (χ0n) is 11.3. The Bertz CT molecular complexity index is 646.